The van der Waals surface area contributed by atoms with Crippen LogP contribution < -0.4 is 29.6 Å². The predicted molar refractivity (Wildman–Crippen MR) is 141 cm³/mol. The highest BCUT2D eigenvalue weighted by Gasteiger charge is 2.38. The van der Waals surface area contributed by atoms with Crippen molar-refractivity contribution in [3.05, 3.63) is 65.0 Å². The molecule has 4 bridgehead atoms. The standard InChI is InChI=1S/C28H30N4O8/c1-16-6-22(40-31-16)11-27(34)32-13-23-25(14-32)39-19-5-4-17(24(10-19)37-3)12-29-26(33)15-38-21-8-18(28(35)30-23)7-20(9-21)36-2/h4-10,23,25H,11-15H2,1-3H3,(H,29,33)(H,30,35)/t23-,25-/m0/s1. The summed E-state index contributed by atoms with van der Waals surface area (Å²) in [5, 5.41) is 9.64. The third-order valence-electron chi connectivity index (χ3n) is 6.71. The van der Waals surface area contributed by atoms with E-state index in [1.54, 1.807) is 48.2 Å². The molecule has 0 spiro atoms. The summed E-state index contributed by atoms with van der Waals surface area (Å²) in [5.74, 6) is 1.23. The van der Waals surface area contributed by atoms with Gasteiger partial charge in [0.1, 0.15) is 34.9 Å². The summed E-state index contributed by atoms with van der Waals surface area (Å²) in [5.41, 5.74) is 1.70. The molecule has 0 aliphatic carbocycles. The molecule has 1 saturated heterocycles. The Hall–Kier alpha value is -4.74. The molecule has 2 aromatic carbocycles. The molecule has 0 radical (unpaired) electrons. The second-order valence-corrected chi connectivity index (χ2v) is 9.58. The lowest BCUT2D eigenvalue weighted by atomic mass is 10.1. The van der Waals surface area contributed by atoms with E-state index in [2.05, 4.69) is 15.8 Å². The van der Waals surface area contributed by atoms with Crippen LogP contribution in [0.5, 0.6) is 23.0 Å². The maximum Gasteiger partial charge on any atom is 0.258 e. The minimum Gasteiger partial charge on any atom is -0.497 e. The summed E-state index contributed by atoms with van der Waals surface area (Å²) in [6.07, 6.45) is -0.518. The number of amides is 3. The number of nitrogens with zero attached hydrogens (tertiary/aromatic N) is 2. The number of hydrogen-bond acceptors (Lipinski definition) is 9. The normalized spacial score (nSPS) is 19.0. The number of benzene rings is 2. The van der Waals surface area contributed by atoms with Crippen molar-refractivity contribution in [2.24, 2.45) is 0 Å². The van der Waals surface area contributed by atoms with E-state index in [1.807, 2.05) is 0 Å². The number of ether oxygens (including phenoxy) is 4. The van der Waals surface area contributed by atoms with Crippen LogP contribution in [0.3, 0.4) is 0 Å². The van der Waals surface area contributed by atoms with E-state index in [9.17, 15) is 14.4 Å². The van der Waals surface area contributed by atoms with Gasteiger partial charge in [0.25, 0.3) is 11.8 Å². The van der Waals surface area contributed by atoms with Crippen LogP contribution in [0, 0.1) is 6.92 Å². The third kappa shape index (κ3) is 6.11. The van der Waals surface area contributed by atoms with E-state index in [1.165, 1.54) is 20.3 Å². The molecule has 3 amide bonds. The Kier molecular flexibility index (Phi) is 7.76. The average molecular weight is 551 g/mol. The number of aromatic nitrogens is 1. The molecule has 2 atom stereocenters. The molecule has 2 N–H and O–H groups in total. The van der Waals surface area contributed by atoms with Gasteiger partial charge in [0.05, 0.1) is 38.9 Å². The van der Waals surface area contributed by atoms with Gasteiger partial charge in [-0.25, -0.2) is 0 Å². The Balaban J connectivity index is 1.45. The monoisotopic (exact) mass is 550 g/mol. The molecule has 1 fully saturated rings. The molecule has 6 rings (SSSR count). The van der Waals surface area contributed by atoms with Crippen LogP contribution in [0.1, 0.15) is 27.4 Å². The molecule has 3 aliphatic rings. The smallest absolute Gasteiger partial charge is 0.258 e. The first kappa shape index (κ1) is 26.9. The molecule has 12 nitrogen and oxygen atoms in total. The van der Waals surface area contributed by atoms with Crippen molar-refractivity contribution in [2.45, 2.75) is 32.0 Å². The summed E-state index contributed by atoms with van der Waals surface area (Å²) in [4.78, 5) is 40.6. The van der Waals surface area contributed by atoms with Gasteiger partial charge in [-0.3, -0.25) is 14.4 Å². The van der Waals surface area contributed by atoms with Crippen molar-refractivity contribution in [3.63, 3.8) is 0 Å². The molecule has 3 aliphatic heterocycles. The van der Waals surface area contributed by atoms with Crippen molar-refractivity contribution >= 4 is 17.7 Å². The SMILES string of the molecule is COc1cc2cc(c1)C(=O)N[C@H]1CN(C(=O)Cc3cc(C)no3)C[C@@H]1Oc1ccc(c(OC)c1)CNC(=O)CO2. The molecular weight excluding hydrogens is 520 g/mol. The topological polar surface area (TPSA) is 141 Å². The van der Waals surface area contributed by atoms with Gasteiger partial charge < -0.3 is 39.0 Å². The molecule has 0 unspecified atom stereocenters. The lowest BCUT2D eigenvalue weighted by Crippen LogP contribution is -2.45. The molecular formula is C28H30N4O8. The highest BCUT2D eigenvalue weighted by molar-refractivity contribution is 5.95. The van der Waals surface area contributed by atoms with Gasteiger partial charge in [-0.15, -0.1) is 0 Å². The van der Waals surface area contributed by atoms with E-state index in [0.717, 1.165) is 5.56 Å². The number of carbonyl (C=O) groups excluding carboxylic acids is 3. The van der Waals surface area contributed by atoms with Gasteiger partial charge in [-0.1, -0.05) is 5.16 Å². The van der Waals surface area contributed by atoms with Gasteiger partial charge in [0, 0.05) is 42.4 Å². The molecule has 40 heavy (non-hydrogen) atoms. The first-order valence-corrected chi connectivity index (χ1v) is 12.7. The second kappa shape index (κ2) is 11.6. The van der Waals surface area contributed by atoms with Crippen LogP contribution in [0.4, 0.5) is 0 Å². The fourth-order valence-electron chi connectivity index (χ4n) is 4.66. The van der Waals surface area contributed by atoms with Gasteiger partial charge in [-0.2, -0.15) is 0 Å². The average Bonchev–Trinajstić information content (AvgIpc) is 3.55. The van der Waals surface area contributed by atoms with Crippen LogP contribution in [0.15, 0.2) is 47.0 Å². The minimum atomic E-state index is -0.559. The first-order chi connectivity index (χ1) is 19.3. The molecule has 210 valence electrons. The van der Waals surface area contributed by atoms with Crippen molar-refractivity contribution in [3.8, 4) is 23.0 Å². The maximum absolute atomic E-state index is 13.4. The van der Waals surface area contributed by atoms with Crippen LogP contribution >= 0.6 is 0 Å². The number of aryl methyl sites for hydroxylation is 1. The summed E-state index contributed by atoms with van der Waals surface area (Å²) in [6.45, 7) is 2.20. The van der Waals surface area contributed by atoms with Crippen LogP contribution in [-0.4, -0.2) is 73.8 Å². The van der Waals surface area contributed by atoms with Gasteiger partial charge >= 0.3 is 0 Å². The van der Waals surface area contributed by atoms with E-state index >= 15 is 0 Å². The molecule has 12 heteroatoms. The Bertz CT molecular complexity index is 1420. The fraction of sp³-hybridized carbons (Fsp3) is 0.357. The van der Waals surface area contributed by atoms with E-state index in [0.29, 0.717) is 34.5 Å². The summed E-state index contributed by atoms with van der Waals surface area (Å²) in [7, 11) is 3.00. The van der Waals surface area contributed by atoms with Gasteiger partial charge in [0.2, 0.25) is 5.91 Å². The first-order valence-electron chi connectivity index (χ1n) is 12.7. The van der Waals surface area contributed by atoms with Gasteiger partial charge in [-0.05, 0) is 31.2 Å². The predicted octanol–water partition coefficient (Wildman–Crippen LogP) is 1.64. The Morgan fingerprint density at radius 2 is 1.93 bits per heavy atom. The number of likely N-dealkylation sites (tertiary alicyclic amines) is 1. The number of carbonyl (C=O) groups is 3. The van der Waals surface area contributed by atoms with E-state index in [4.69, 9.17) is 23.5 Å². The summed E-state index contributed by atoms with van der Waals surface area (Å²) < 4.78 is 28.0. The number of hydrogen-bond donors (Lipinski definition) is 2. The van der Waals surface area contributed by atoms with E-state index in [-0.39, 0.29) is 50.0 Å². The number of methoxy groups -OCH3 is 2. The molecule has 0 saturated carbocycles. The zero-order valence-corrected chi connectivity index (χ0v) is 22.4. The summed E-state index contributed by atoms with van der Waals surface area (Å²) >= 11 is 0. The Labute approximate surface area is 230 Å². The largest absolute Gasteiger partial charge is 0.497 e. The van der Waals surface area contributed by atoms with Crippen molar-refractivity contribution in [2.75, 3.05) is 33.9 Å². The number of nitrogens with one attached hydrogen (secondary N) is 2. The second-order valence-electron chi connectivity index (χ2n) is 9.58. The van der Waals surface area contributed by atoms with Crippen LogP contribution in [0.25, 0.3) is 0 Å². The van der Waals surface area contributed by atoms with E-state index < -0.39 is 18.1 Å². The lowest BCUT2D eigenvalue weighted by Gasteiger charge is -2.22. The van der Waals surface area contributed by atoms with Crippen molar-refractivity contribution in [1.82, 2.24) is 20.7 Å². The highest BCUT2D eigenvalue weighted by atomic mass is 16.5. The third-order valence-corrected chi connectivity index (χ3v) is 6.71. The minimum absolute atomic E-state index is 0.0407. The lowest BCUT2D eigenvalue weighted by molar-refractivity contribution is -0.130. The molecule has 3 aromatic rings. The van der Waals surface area contributed by atoms with Crippen LogP contribution in [0.2, 0.25) is 0 Å². The van der Waals surface area contributed by atoms with Crippen molar-refractivity contribution < 1.29 is 37.9 Å². The summed E-state index contributed by atoms with van der Waals surface area (Å²) in [6, 6.07) is 11.1. The quantitative estimate of drug-likeness (QED) is 0.496. The van der Waals surface area contributed by atoms with Gasteiger partial charge in [0.15, 0.2) is 6.61 Å². The highest BCUT2D eigenvalue weighted by Crippen LogP contribution is 2.28. The Morgan fingerprint density at radius 3 is 2.67 bits per heavy atom. The zero-order chi connectivity index (χ0) is 28.2. The zero-order valence-electron chi connectivity index (χ0n) is 22.4. The fourth-order valence-corrected chi connectivity index (χ4v) is 4.66. The Morgan fingerprint density at radius 1 is 1.07 bits per heavy atom. The van der Waals surface area contributed by atoms with Crippen molar-refractivity contribution in [1.29, 1.82) is 0 Å². The number of fused-ring (bicyclic) bond motifs is 7. The molecule has 1 aromatic heterocycles. The number of rotatable bonds is 4. The maximum atomic E-state index is 13.4. The van der Waals surface area contributed by atoms with Crippen LogP contribution in [-0.2, 0) is 22.6 Å². The molecule has 4 heterocycles.